The number of carbonyl (C=O) groups excluding carboxylic acids is 1. The van der Waals surface area contributed by atoms with Gasteiger partial charge in [0.2, 0.25) is 0 Å². The largest absolute Gasteiger partial charge is 0.481 e. The summed E-state index contributed by atoms with van der Waals surface area (Å²) < 4.78 is 0. The molecule has 0 aliphatic carbocycles. The topological polar surface area (TPSA) is 78.4 Å². The van der Waals surface area contributed by atoms with Crippen molar-refractivity contribution >= 4 is 41.1 Å². The average molecular weight is 331 g/mol. The molecule has 0 aromatic heterocycles. The van der Waals surface area contributed by atoms with E-state index in [0.29, 0.717) is 17.1 Å². The van der Waals surface area contributed by atoms with Crippen molar-refractivity contribution in [2.75, 3.05) is 11.6 Å². The zero-order chi connectivity index (χ0) is 16.0. The highest BCUT2D eigenvalue weighted by atomic mass is 35.5. The van der Waals surface area contributed by atoms with Gasteiger partial charge in [0.05, 0.1) is 5.69 Å². The molecule has 5 nitrogen and oxygen atoms in total. The minimum atomic E-state index is -0.884. The fourth-order valence-corrected chi connectivity index (χ4v) is 2.43. The predicted molar refractivity (Wildman–Crippen MR) is 86.3 cm³/mol. The highest BCUT2D eigenvalue weighted by molar-refractivity contribution is 7.98. The molecule has 1 aromatic carbocycles. The van der Waals surface area contributed by atoms with Crippen LogP contribution in [0.2, 0.25) is 5.02 Å². The molecule has 0 radical (unpaired) electrons. The SMILES string of the molecule is CSc1ccc(Cl)cc1NC(=O)NC(C)(C)CCC(=O)O. The third-order valence-electron chi connectivity index (χ3n) is 2.83. The lowest BCUT2D eigenvalue weighted by Crippen LogP contribution is -2.45. The molecule has 21 heavy (non-hydrogen) atoms. The van der Waals surface area contributed by atoms with E-state index in [1.54, 1.807) is 26.0 Å². The number of nitrogens with one attached hydrogen (secondary N) is 2. The summed E-state index contributed by atoms with van der Waals surface area (Å²) in [4.78, 5) is 23.5. The van der Waals surface area contributed by atoms with Crippen LogP contribution in [-0.2, 0) is 4.79 Å². The molecule has 1 aromatic rings. The first-order chi connectivity index (χ1) is 9.73. The van der Waals surface area contributed by atoms with E-state index in [4.69, 9.17) is 16.7 Å². The fourth-order valence-electron chi connectivity index (χ4n) is 1.72. The quantitative estimate of drug-likeness (QED) is 0.693. The summed E-state index contributed by atoms with van der Waals surface area (Å²) in [5.74, 6) is -0.884. The highest BCUT2D eigenvalue weighted by Crippen LogP contribution is 2.28. The van der Waals surface area contributed by atoms with E-state index in [1.807, 2.05) is 12.3 Å². The van der Waals surface area contributed by atoms with Gasteiger partial charge in [-0.2, -0.15) is 0 Å². The Kier molecular flexibility index (Phi) is 6.36. The van der Waals surface area contributed by atoms with E-state index < -0.39 is 11.5 Å². The van der Waals surface area contributed by atoms with Crippen molar-refractivity contribution in [1.82, 2.24) is 5.32 Å². The molecule has 0 bridgehead atoms. The van der Waals surface area contributed by atoms with E-state index in [1.165, 1.54) is 11.8 Å². The Morgan fingerprint density at radius 3 is 2.62 bits per heavy atom. The molecule has 2 amide bonds. The van der Waals surface area contributed by atoms with E-state index >= 15 is 0 Å². The number of carbonyl (C=O) groups is 2. The van der Waals surface area contributed by atoms with Crippen LogP contribution in [-0.4, -0.2) is 28.9 Å². The molecule has 1 rings (SSSR count). The highest BCUT2D eigenvalue weighted by Gasteiger charge is 2.21. The van der Waals surface area contributed by atoms with E-state index in [0.717, 1.165) is 4.90 Å². The lowest BCUT2D eigenvalue weighted by molar-refractivity contribution is -0.137. The molecule has 0 atom stereocenters. The second kappa shape index (κ2) is 7.56. The normalized spacial score (nSPS) is 11.0. The Balaban J connectivity index is 2.69. The molecule has 0 fully saturated rings. The number of urea groups is 1. The van der Waals surface area contributed by atoms with Crippen LogP contribution in [0.1, 0.15) is 26.7 Å². The van der Waals surface area contributed by atoms with Crippen molar-refractivity contribution in [1.29, 1.82) is 0 Å². The fraction of sp³-hybridized carbons (Fsp3) is 0.429. The van der Waals surface area contributed by atoms with Gasteiger partial charge in [-0.3, -0.25) is 4.79 Å². The Morgan fingerprint density at radius 1 is 1.38 bits per heavy atom. The summed E-state index contributed by atoms with van der Waals surface area (Å²) in [6, 6.07) is 4.88. The van der Waals surface area contributed by atoms with Gasteiger partial charge < -0.3 is 15.7 Å². The maximum absolute atomic E-state index is 12.0. The summed E-state index contributed by atoms with van der Waals surface area (Å²) in [6.45, 7) is 3.56. The van der Waals surface area contributed by atoms with Crippen LogP contribution in [0.3, 0.4) is 0 Å². The van der Waals surface area contributed by atoms with Crippen LogP contribution in [0.5, 0.6) is 0 Å². The van der Waals surface area contributed by atoms with Crippen LogP contribution in [0.4, 0.5) is 10.5 Å². The summed E-state index contributed by atoms with van der Waals surface area (Å²) in [5, 5.41) is 14.7. The number of carboxylic acids is 1. The van der Waals surface area contributed by atoms with Gasteiger partial charge in [-0.25, -0.2) is 4.79 Å². The minimum absolute atomic E-state index is 0.000503. The smallest absolute Gasteiger partial charge is 0.319 e. The van der Waals surface area contributed by atoms with Gasteiger partial charge in [-0.1, -0.05) is 11.6 Å². The number of hydrogen-bond acceptors (Lipinski definition) is 3. The van der Waals surface area contributed by atoms with Crippen LogP contribution in [0.25, 0.3) is 0 Å². The molecule has 0 aliphatic rings. The number of aliphatic carboxylic acids is 1. The number of halogens is 1. The van der Waals surface area contributed by atoms with Crippen molar-refractivity contribution in [3.05, 3.63) is 23.2 Å². The molecule has 3 N–H and O–H groups in total. The van der Waals surface area contributed by atoms with Gasteiger partial charge in [-0.05, 0) is 44.7 Å². The molecule has 0 unspecified atom stereocenters. The summed E-state index contributed by atoms with van der Waals surface area (Å²) in [6.07, 6.45) is 2.25. The molecular formula is C14H19ClN2O3S. The van der Waals surface area contributed by atoms with Crippen LogP contribution in [0.15, 0.2) is 23.1 Å². The number of anilines is 1. The van der Waals surface area contributed by atoms with Crippen LogP contribution in [0, 0.1) is 0 Å². The number of amides is 2. The van der Waals surface area contributed by atoms with E-state index in [-0.39, 0.29) is 12.5 Å². The van der Waals surface area contributed by atoms with Crippen LogP contribution >= 0.6 is 23.4 Å². The van der Waals surface area contributed by atoms with Crippen molar-refractivity contribution in [2.45, 2.75) is 37.1 Å². The molecule has 116 valence electrons. The number of benzene rings is 1. The van der Waals surface area contributed by atoms with E-state index in [2.05, 4.69) is 10.6 Å². The third-order valence-corrected chi connectivity index (χ3v) is 3.86. The van der Waals surface area contributed by atoms with Crippen molar-refractivity contribution in [3.63, 3.8) is 0 Å². The van der Waals surface area contributed by atoms with E-state index in [9.17, 15) is 9.59 Å². The lowest BCUT2D eigenvalue weighted by Gasteiger charge is -2.26. The molecular weight excluding hydrogens is 312 g/mol. The van der Waals surface area contributed by atoms with Gasteiger partial charge in [0.15, 0.2) is 0 Å². The molecule has 0 aliphatic heterocycles. The Hall–Kier alpha value is -1.40. The van der Waals surface area contributed by atoms with Gasteiger partial charge in [0.1, 0.15) is 0 Å². The van der Waals surface area contributed by atoms with Gasteiger partial charge in [-0.15, -0.1) is 11.8 Å². The van der Waals surface area contributed by atoms with Crippen molar-refractivity contribution in [2.24, 2.45) is 0 Å². The first kappa shape index (κ1) is 17.7. The number of carboxylic acid groups (broad SMARTS) is 1. The number of hydrogen-bond donors (Lipinski definition) is 3. The Labute approximate surface area is 133 Å². The standard InChI is InChI=1S/C14H19ClN2O3S/c1-14(2,7-6-12(18)19)17-13(20)16-10-8-9(15)4-5-11(10)21-3/h4-5,8H,6-7H2,1-3H3,(H,18,19)(H2,16,17,20). The molecule has 0 spiro atoms. The van der Waals surface area contributed by atoms with Gasteiger partial charge >= 0.3 is 12.0 Å². The summed E-state index contributed by atoms with van der Waals surface area (Å²) >= 11 is 7.43. The Bertz CT molecular complexity index is 535. The monoisotopic (exact) mass is 330 g/mol. The molecule has 0 heterocycles. The lowest BCUT2D eigenvalue weighted by atomic mass is 9.99. The molecule has 0 saturated carbocycles. The summed E-state index contributed by atoms with van der Waals surface area (Å²) in [5.41, 5.74) is 0.0159. The maximum Gasteiger partial charge on any atom is 0.319 e. The molecule has 0 saturated heterocycles. The van der Waals surface area contributed by atoms with Gasteiger partial charge in [0.25, 0.3) is 0 Å². The first-order valence-corrected chi connectivity index (χ1v) is 7.98. The minimum Gasteiger partial charge on any atom is -0.481 e. The Morgan fingerprint density at radius 2 is 2.05 bits per heavy atom. The summed E-state index contributed by atoms with van der Waals surface area (Å²) in [7, 11) is 0. The molecule has 7 heteroatoms. The first-order valence-electron chi connectivity index (χ1n) is 6.38. The maximum atomic E-state index is 12.0. The number of rotatable bonds is 6. The third kappa shape index (κ3) is 6.27. The van der Waals surface area contributed by atoms with Gasteiger partial charge in [0, 0.05) is 21.9 Å². The second-order valence-corrected chi connectivity index (χ2v) is 6.49. The number of thioether (sulfide) groups is 1. The second-order valence-electron chi connectivity index (χ2n) is 5.20. The predicted octanol–water partition coefficient (Wildman–Crippen LogP) is 3.83. The van der Waals surface area contributed by atoms with Crippen LogP contribution < -0.4 is 10.6 Å². The average Bonchev–Trinajstić information content (AvgIpc) is 2.36. The zero-order valence-electron chi connectivity index (χ0n) is 12.2. The van der Waals surface area contributed by atoms with Crippen molar-refractivity contribution < 1.29 is 14.7 Å². The zero-order valence-corrected chi connectivity index (χ0v) is 13.8. The van der Waals surface area contributed by atoms with Crippen molar-refractivity contribution in [3.8, 4) is 0 Å².